The topological polar surface area (TPSA) is 87.4 Å². The summed E-state index contributed by atoms with van der Waals surface area (Å²) in [7, 11) is 0. The summed E-state index contributed by atoms with van der Waals surface area (Å²) in [5.74, 6) is 2.69. The van der Waals surface area contributed by atoms with Crippen LogP contribution in [0.25, 0.3) is 0 Å². The van der Waals surface area contributed by atoms with Gasteiger partial charge in [-0.2, -0.15) is 0 Å². The molecule has 2 heterocycles. The lowest BCUT2D eigenvalue weighted by molar-refractivity contribution is 0.380. The fraction of sp³-hybridized carbons (Fsp3) is 0.550. The number of halogens is 1. The number of unbranched alkanes of at least 4 members (excludes halogenated alkanes) is 1. The molecule has 2 rings (SSSR count). The average molecular weight is 500 g/mol. The van der Waals surface area contributed by atoms with Crippen molar-refractivity contribution >= 4 is 35.8 Å². The summed E-state index contributed by atoms with van der Waals surface area (Å²) in [6.45, 7) is 9.45. The van der Waals surface area contributed by atoms with Crippen LogP contribution >= 0.6 is 24.0 Å². The second kappa shape index (κ2) is 14.2. The molecule has 2 aromatic rings. The number of rotatable bonds is 11. The van der Waals surface area contributed by atoms with E-state index in [0.29, 0.717) is 6.54 Å². The first-order chi connectivity index (χ1) is 13.3. The predicted octanol–water partition coefficient (Wildman–Crippen LogP) is 3.76. The van der Waals surface area contributed by atoms with Gasteiger partial charge in [0.2, 0.25) is 0 Å². The molecule has 0 amide bonds. The lowest BCUT2D eigenvalue weighted by Gasteiger charge is -2.11. The maximum absolute atomic E-state index is 5.42. The van der Waals surface area contributed by atoms with Gasteiger partial charge in [-0.15, -0.1) is 24.0 Å². The summed E-state index contributed by atoms with van der Waals surface area (Å²) >= 11 is 0. The fourth-order valence-electron chi connectivity index (χ4n) is 2.76. The van der Waals surface area contributed by atoms with Crippen LogP contribution in [-0.2, 0) is 19.4 Å². The van der Waals surface area contributed by atoms with Gasteiger partial charge < -0.3 is 20.5 Å². The van der Waals surface area contributed by atoms with Gasteiger partial charge in [0.15, 0.2) is 5.96 Å². The quantitative estimate of drug-likeness (QED) is 0.189. The Balaban J connectivity index is 0.00000392. The van der Waals surface area contributed by atoms with Crippen molar-refractivity contribution in [1.29, 1.82) is 0 Å². The van der Waals surface area contributed by atoms with Gasteiger partial charge in [-0.1, -0.05) is 25.1 Å². The molecule has 2 aromatic heterocycles. The molecule has 0 bridgehead atoms. The van der Waals surface area contributed by atoms with E-state index in [0.717, 1.165) is 74.1 Å². The minimum Gasteiger partial charge on any atom is -0.370 e. The molecule has 0 atom stereocenters. The highest BCUT2D eigenvalue weighted by atomic mass is 127. The van der Waals surface area contributed by atoms with E-state index >= 15 is 0 Å². The van der Waals surface area contributed by atoms with E-state index in [2.05, 4.69) is 46.9 Å². The lowest BCUT2D eigenvalue weighted by atomic mass is 10.1. The number of hydrogen-bond donors (Lipinski definition) is 3. The summed E-state index contributed by atoms with van der Waals surface area (Å²) in [6, 6.07) is 5.89. The Kier molecular flexibility index (Phi) is 12.3. The van der Waals surface area contributed by atoms with E-state index in [9.17, 15) is 0 Å². The summed E-state index contributed by atoms with van der Waals surface area (Å²) in [6.07, 6.45) is 5.62. The third-order valence-electron chi connectivity index (χ3n) is 4.21. The smallest absolute Gasteiger partial charge is 0.191 e. The second-order valence-electron chi connectivity index (χ2n) is 6.21. The van der Waals surface area contributed by atoms with Crippen LogP contribution in [-0.4, -0.2) is 35.7 Å². The third kappa shape index (κ3) is 8.04. The highest BCUT2D eigenvalue weighted by molar-refractivity contribution is 14.0. The summed E-state index contributed by atoms with van der Waals surface area (Å²) in [5.41, 5.74) is 2.13. The van der Waals surface area contributed by atoms with Gasteiger partial charge in [-0.25, -0.2) is 9.98 Å². The van der Waals surface area contributed by atoms with Crippen molar-refractivity contribution in [2.45, 2.75) is 53.0 Å². The van der Waals surface area contributed by atoms with Crippen molar-refractivity contribution in [3.8, 4) is 0 Å². The van der Waals surface area contributed by atoms with Crippen LogP contribution in [0.2, 0.25) is 0 Å². The fourth-order valence-corrected chi connectivity index (χ4v) is 2.76. The zero-order valence-electron chi connectivity index (χ0n) is 17.1. The molecule has 0 spiro atoms. The number of pyridine rings is 1. The number of nitrogens with one attached hydrogen (secondary N) is 3. The highest BCUT2D eigenvalue weighted by Gasteiger charge is 2.12. The Bertz CT molecular complexity index is 668. The normalized spacial score (nSPS) is 11.0. The number of nitrogens with zero attached hydrogens (tertiary/aromatic N) is 3. The largest absolute Gasteiger partial charge is 0.370 e. The molecular weight excluding hydrogens is 467 g/mol. The molecule has 0 saturated carbocycles. The minimum atomic E-state index is 0. The van der Waals surface area contributed by atoms with Crippen molar-refractivity contribution in [2.75, 3.05) is 25.0 Å². The van der Waals surface area contributed by atoms with Gasteiger partial charge in [0.05, 0.1) is 12.2 Å². The Hall–Kier alpha value is -1.84. The van der Waals surface area contributed by atoms with Crippen LogP contribution in [0.1, 0.15) is 50.6 Å². The summed E-state index contributed by atoms with van der Waals surface area (Å²) < 4.78 is 5.42. The maximum atomic E-state index is 5.42. The molecule has 8 heteroatoms. The van der Waals surface area contributed by atoms with Gasteiger partial charge in [0.1, 0.15) is 11.6 Å². The van der Waals surface area contributed by atoms with E-state index < -0.39 is 0 Å². The Morgan fingerprint density at radius 3 is 2.57 bits per heavy atom. The predicted molar refractivity (Wildman–Crippen MR) is 125 cm³/mol. The number of aryl methyl sites for hydroxylation is 2. The maximum Gasteiger partial charge on any atom is 0.191 e. The molecule has 0 aliphatic carbocycles. The molecule has 0 radical (unpaired) electrons. The standard InChI is InChI=1S/C20H32N6O.HI/c1-4-17-16(18(5-2)27-26-17)15-25-20(21-6-3)24-14-10-9-13-23-19-11-7-8-12-22-19;/h7-8,11-12H,4-6,9-10,13-15H2,1-3H3,(H,22,23)(H2,21,24,25);1H. The van der Waals surface area contributed by atoms with Crippen molar-refractivity contribution in [3.05, 3.63) is 41.4 Å². The van der Waals surface area contributed by atoms with E-state index in [1.165, 1.54) is 0 Å². The number of hydrogen-bond acceptors (Lipinski definition) is 5. The monoisotopic (exact) mass is 500 g/mol. The van der Waals surface area contributed by atoms with Gasteiger partial charge in [0.25, 0.3) is 0 Å². The number of guanidine groups is 1. The zero-order valence-corrected chi connectivity index (χ0v) is 19.5. The van der Waals surface area contributed by atoms with Crippen LogP contribution in [0, 0.1) is 0 Å². The molecule has 0 unspecified atom stereocenters. The first-order valence-electron chi connectivity index (χ1n) is 9.91. The number of aromatic nitrogens is 2. The van der Waals surface area contributed by atoms with Crippen LogP contribution in [0.15, 0.2) is 33.9 Å². The van der Waals surface area contributed by atoms with Crippen molar-refractivity contribution in [1.82, 2.24) is 20.8 Å². The van der Waals surface area contributed by atoms with Gasteiger partial charge >= 0.3 is 0 Å². The molecule has 0 aliphatic rings. The molecule has 0 fully saturated rings. The van der Waals surface area contributed by atoms with Crippen molar-refractivity contribution in [3.63, 3.8) is 0 Å². The highest BCUT2D eigenvalue weighted by Crippen LogP contribution is 2.16. The molecule has 0 saturated heterocycles. The van der Waals surface area contributed by atoms with Crippen LogP contribution in [0.4, 0.5) is 5.82 Å². The third-order valence-corrected chi connectivity index (χ3v) is 4.21. The lowest BCUT2D eigenvalue weighted by Crippen LogP contribution is -2.37. The average Bonchev–Trinajstić information content (AvgIpc) is 3.11. The first kappa shape index (κ1) is 24.2. The van der Waals surface area contributed by atoms with Gasteiger partial charge in [-0.3, -0.25) is 0 Å². The van der Waals surface area contributed by atoms with Crippen LogP contribution in [0.5, 0.6) is 0 Å². The van der Waals surface area contributed by atoms with Gasteiger partial charge in [0, 0.05) is 37.8 Å². The molecule has 7 nitrogen and oxygen atoms in total. The number of anilines is 1. The van der Waals surface area contributed by atoms with Crippen LogP contribution in [0.3, 0.4) is 0 Å². The first-order valence-corrected chi connectivity index (χ1v) is 9.91. The minimum absolute atomic E-state index is 0. The van der Waals surface area contributed by atoms with Crippen LogP contribution < -0.4 is 16.0 Å². The second-order valence-corrected chi connectivity index (χ2v) is 6.21. The molecule has 28 heavy (non-hydrogen) atoms. The van der Waals surface area contributed by atoms with E-state index in [4.69, 9.17) is 9.52 Å². The molecule has 0 aliphatic heterocycles. The van der Waals surface area contributed by atoms with Gasteiger partial charge in [-0.05, 0) is 38.3 Å². The van der Waals surface area contributed by atoms with E-state index in [1.807, 2.05) is 18.2 Å². The molecular formula is C20H33IN6O. The summed E-state index contributed by atoms with van der Waals surface area (Å²) in [4.78, 5) is 8.96. The molecule has 0 aromatic carbocycles. The van der Waals surface area contributed by atoms with Crippen molar-refractivity contribution in [2.24, 2.45) is 4.99 Å². The van der Waals surface area contributed by atoms with Crippen molar-refractivity contribution < 1.29 is 4.52 Å². The molecule has 156 valence electrons. The molecule has 3 N–H and O–H groups in total. The zero-order chi connectivity index (χ0) is 19.3. The Morgan fingerprint density at radius 1 is 1.07 bits per heavy atom. The summed E-state index contributed by atoms with van der Waals surface area (Å²) in [5, 5.41) is 14.2. The Morgan fingerprint density at radius 2 is 1.89 bits per heavy atom. The number of aliphatic imine (C=N–C) groups is 1. The Labute approximate surface area is 185 Å². The van der Waals surface area contributed by atoms with E-state index in [-0.39, 0.29) is 24.0 Å². The van der Waals surface area contributed by atoms with E-state index in [1.54, 1.807) is 6.20 Å². The SMILES string of the molecule is CCNC(=NCc1c(CC)noc1CC)NCCCCNc1ccccn1.I.